The first kappa shape index (κ1) is 16.7. The van der Waals surface area contributed by atoms with E-state index in [0.29, 0.717) is 6.54 Å². The van der Waals surface area contributed by atoms with Gasteiger partial charge in [0, 0.05) is 0 Å². The standard InChI is InChI=1S/C15H19F4N/c1-4-7-20-14(8-10(2)3)12-9-11(16)5-6-13(12)15(17,18)19/h5-6,8-9,14,20H,4,7H2,1-3H3. The molecule has 112 valence electrons. The molecule has 0 saturated heterocycles. The van der Waals surface area contributed by atoms with Gasteiger partial charge in [-0.2, -0.15) is 13.2 Å². The molecule has 0 heterocycles. The number of benzene rings is 1. The second-order valence-electron chi connectivity index (χ2n) is 4.91. The Labute approximate surface area is 116 Å². The fourth-order valence-electron chi connectivity index (χ4n) is 1.94. The van der Waals surface area contributed by atoms with E-state index < -0.39 is 23.6 Å². The van der Waals surface area contributed by atoms with Crippen molar-refractivity contribution in [3.63, 3.8) is 0 Å². The molecule has 0 radical (unpaired) electrons. The number of nitrogens with one attached hydrogen (secondary N) is 1. The molecule has 1 rings (SSSR count). The van der Waals surface area contributed by atoms with Gasteiger partial charge >= 0.3 is 6.18 Å². The van der Waals surface area contributed by atoms with Crippen molar-refractivity contribution in [3.05, 3.63) is 46.8 Å². The van der Waals surface area contributed by atoms with E-state index in [1.807, 2.05) is 6.92 Å². The molecule has 1 N–H and O–H groups in total. The second-order valence-corrected chi connectivity index (χ2v) is 4.91. The highest BCUT2D eigenvalue weighted by Gasteiger charge is 2.35. The van der Waals surface area contributed by atoms with Gasteiger partial charge in [-0.3, -0.25) is 0 Å². The topological polar surface area (TPSA) is 12.0 Å². The van der Waals surface area contributed by atoms with Crippen LogP contribution in [0.15, 0.2) is 29.8 Å². The van der Waals surface area contributed by atoms with Crippen LogP contribution in [-0.4, -0.2) is 6.54 Å². The van der Waals surface area contributed by atoms with Crippen LogP contribution >= 0.6 is 0 Å². The van der Waals surface area contributed by atoms with Gasteiger partial charge in [0.05, 0.1) is 11.6 Å². The lowest BCUT2D eigenvalue weighted by Crippen LogP contribution is -2.24. The third kappa shape index (κ3) is 4.63. The number of halogens is 4. The maximum absolute atomic E-state index is 13.3. The average molecular weight is 289 g/mol. The first-order chi connectivity index (χ1) is 9.25. The Bertz CT molecular complexity index is 473. The molecule has 1 aromatic carbocycles. The Morgan fingerprint density at radius 3 is 2.45 bits per heavy atom. The van der Waals surface area contributed by atoms with Gasteiger partial charge in [0.1, 0.15) is 5.82 Å². The molecule has 0 aliphatic carbocycles. The van der Waals surface area contributed by atoms with Gasteiger partial charge < -0.3 is 5.32 Å². The van der Waals surface area contributed by atoms with Crippen molar-refractivity contribution in [3.8, 4) is 0 Å². The molecule has 1 aromatic rings. The van der Waals surface area contributed by atoms with Crippen LogP contribution in [0, 0.1) is 5.82 Å². The van der Waals surface area contributed by atoms with E-state index >= 15 is 0 Å². The predicted molar refractivity (Wildman–Crippen MR) is 71.9 cm³/mol. The van der Waals surface area contributed by atoms with E-state index in [1.165, 1.54) is 0 Å². The lowest BCUT2D eigenvalue weighted by molar-refractivity contribution is -0.138. The van der Waals surface area contributed by atoms with Crippen molar-refractivity contribution < 1.29 is 17.6 Å². The van der Waals surface area contributed by atoms with Crippen molar-refractivity contribution in [2.45, 2.75) is 39.4 Å². The number of hydrogen-bond donors (Lipinski definition) is 1. The fourth-order valence-corrected chi connectivity index (χ4v) is 1.94. The number of hydrogen-bond acceptors (Lipinski definition) is 1. The van der Waals surface area contributed by atoms with E-state index in [9.17, 15) is 17.6 Å². The monoisotopic (exact) mass is 289 g/mol. The van der Waals surface area contributed by atoms with Crippen LogP contribution in [0.4, 0.5) is 17.6 Å². The summed E-state index contributed by atoms with van der Waals surface area (Å²) in [5.41, 5.74) is -0.00635. The summed E-state index contributed by atoms with van der Waals surface area (Å²) in [6.45, 7) is 6.07. The van der Waals surface area contributed by atoms with Gasteiger partial charge in [-0.25, -0.2) is 4.39 Å². The largest absolute Gasteiger partial charge is 0.416 e. The normalized spacial score (nSPS) is 13.2. The van der Waals surface area contributed by atoms with Gasteiger partial charge in [0.25, 0.3) is 0 Å². The summed E-state index contributed by atoms with van der Waals surface area (Å²) in [5, 5.41) is 3.01. The van der Waals surface area contributed by atoms with E-state index in [-0.39, 0.29) is 5.56 Å². The number of alkyl halides is 3. The van der Waals surface area contributed by atoms with Gasteiger partial charge in [-0.1, -0.05) is 18.6 Å². The van der Waals surface area contributed by atoms with Crippen LogP contribution in [0.1, 0.15) is 44.4 Å². The summed E-state index contributed by atoms with van der Waals surface area (Å²) < 4.78 is 52.4. The Kier molecular flexibility index (Phi) is 5.74. The zero-order valence-corrected chi connectivity index (χ0v) is 11.8. The third-order valence-corrected chi connectivity index (χ3v) is 2.77. The molecule has 0 aromatic heterocycles. The van der Waals surface area contributed by atoms with Gasteiger partial charge in [0.2, 0.25) is 0 Å². The predicted octanol–water partition coefficient (Wildman–Crippen LogP) is 4.85. The Morgan fingerprint density at radius 2 is 1.95 bits per heavy atom. The zero-order valence-electron chi connectivity index (χ0n) is 11.8. The molecule has 1 unspecified atom stereocenters. The van der Waals surface area contributed by atoms with Crippen LogP contribution in [0.25, 0.3) is 0 Å². The average Bonchev–Trinajstić information content (AvgIpc) is 2.32. The van der Waals surface area contributed by atoms with E-state index in [0.717, 1.165) is 30.2 Å². The molecule has 0 aliphatic heterocycles. The molecule has 1 atom stereocenters. The summed E-state index contributed by atoms with van der Waals surface area (Å²) in [4.78, 5) is 0. The molecule has 0 spiro atoms. The van der Waals surface area contributed by atoms with Crippen molar-refractivity contribution in [1.29, 1.82) is 0 Å². The van der Waals surface area contributed by atoms with Gasteiger partial charge in [0.15, 0.2) is 0 Å². The summed E-state index contributed by atoms with van der Waals surface area (Å²) in [6.07, 6.45) is -2.03. The van der Waals surface area contributed by atoms with Crippen molar-refractivity contribution in [1.82, 2.24) is 5.32 Å². The van der Waals surface area contributed by atoms with Crippen molar-refractivity contribution in [2.75, 3.05) is 6.54 Å². The van der Waals surface area contributed by atoms with Crippen LogP contribution < -0.4 is 5.32 Å². The fraction of sp³-hybridized carbons (Fsp3) is 0.467. The molecule has 0 saturated carbocycles. The molecule has 1 nitrogen and oxygen atoms in total. The first-order valence-electron chi connectivity index (χ1n) is 6.50. The van der Waals surface area contributed by atoms with Gasteiger partial charge in [-0.05, 0) is 50.6 Å². The highest BCUT2D eigenvalue weighted by atomic mass is 19.4. The van der Waals surface area contributed by atoms with Crippen LogP contribution in [-0.2, 0) is 6.18 Å². The quantitative estimate of drug-likeness (QED) is 0.603. The maximum Gasteiger partial charge on any atom is 0.416 e. The molecule has 0 bridgehead atoms. The Hall–Kier alpha value is -1.36. The van der Waals surface area contributed by atoms with Gasteiger partial charge in [-0.15, -0.1) is 0 Å². The first-order valence-corrected chi connectivity index (χ1v) is 6.50. The van der Waals surface area contributed by atoms with E-state index in [1.54, 1.807) is 19.9 Å². The van der Waals surface area contributed by atoms with Crippen LogP contribution in [0.2, 0.25) is 0 Å². The number of rotatable bonds is 5. The smallest absolute Gasteiger partial charge is 0.307 e. The Balaban J connectivity index is 3.30. The molecule has 5 heteroatoms. The zero-order chi connectivity index (χ0) is 15.3. The minimum Gasteiger partial charge on any atom is -0.307 e. The Morgan fingerprint density at radius 1 is 1.30 bits per heavy atom. The molecular formula is C15H19F4N. The summed E-state index contributed by atoms with van der Waals surface area (Å²) in [7, 11) is 0. The lowest BCUT2D eigenvalue weighted by atomic mass is 9.98. The minimum atomic E-state index is -4.50. The second kappa shape index (κ2) is 6.88. The minimum absolute atomic E-state index is 0.0767. The summed E-state index contributed by atoms with van der Waals surface area (Å²) in [5.74, 6) is -0.668. The van der Waals surface area contributed by atoms with Crippen LogP contribution in [0.3, 0.4) is 0 Å². The highest BCUT2D eigenvalue weighted by Crippen LogP contribution is 2.35. The molecule has 0 aliphatic rings. The molecule has 20 heavy (non-hydrogen) atoms. The molecule has 0 amide bonds. The highest BCUT2D eigenvalue weighted by molar-refractivity contribution is 5.35. The molecular weight excluding hydrogens is 270 g/mol. The summed E-state index contributed by atoms with van der Waals surface area (Å²) >= 11 is 0. The van der Waals surface area contributed by atoms with E-state index in [2.05, 4.69) is 5.32 Å². The van der Waals surface area contributed by atoms with Crippen molar-refractivity contribution in [2.24, 2.45) is 0 Å². The number of allylic oxidation sites excluding steroid dienone is 1. The van der Waals surface area contributed by atoms with E-state index in [4.69, 9.17) is 0 Å². The van der Waals surface area contributed by atoms with Crippen LogP contribution in [0.5, 0.6) is 0 Å². The van der Waals surface area contributed by atoms with Crippen molar-refractivity contribution >= 4 is 0 Å². The molecule has 0 fully saturated rings. The SMILES string of the molecule is CCCNC(C=C(C)C)c1cc(F)ccc1C(F)(F)F. The summed E-state index contributed by atoms with van der Waals surface area (Å²) in [6, 6.07) is 1.94. The third-order valence-electron chi connectivity index (χ3n) is 2.77. The lowest BCUT2D eigenvalue weighted by Gasteiger charge is -2.21. The maximum atomic E-state index is 13.3.